The third-order valence-electron chi connectivity index (χ3n) is 2.40. The lowest BCUT2D eigenvalue weighted by molar-refractivity contribution is -0.115. The molecular weight excluding hydrogens is 306 g/mol. The lowest BCUT2D eigenvalue weighted by atomic mass is 10.3. The van der Waals surface area contributed by atoms with E-state index >= 15 is 0 Å². The quantitative estimate of drug-likeness (QED) is 0.511. The van der Waals surface area contributed by atoms with E-state index in [0.29, 0.717) is 10.8 Å². The van der Waals surface area contributed by atoms with Gasteiger partial charge in [0.05, 0.1) is 17.6 Å². The van der Waals surface area contributed by atoms with Crippen molar-refractivity contribution in [2.24, 2.45) is 10.8 Å². The Kier molecular flexibility index (Phi) is 4.96. The fraction of sp³-hybridized carbons (Fsp3) is 0.0769. The molecule has 0 saturated heterocycles. The molecule has 0 saturated carbocycles. The van der Waals surface area contributed by atoms with Crippen molar-refractivity contribution in [3.05, 3.63) is 41.4 Å². The van der Waals surface area contributed by atoms with Crippen LogP contribution in [0.1, 0.15) is 12.6 Å². The number of nitrogens with zero attached hydrogens (tertiary/aromatic N) is 3. The Balaban J connectivity index is 2.23. The summed E-state index contributed by atoms with van der Waals surface area (Å²) in [6, 6.07) is 9.33. The van der Waals surface area contributed by atoms with Gasteiger partial charge in [-0.05, 0) is 24.4 Å². The standard InChI is InChI=1S/C13H13N5OS2/c1-9(19)18(11-5-3-2-4-6-11)13-16-10(8-21-13)7-15-17-12(14)20/h2-8H,1H3,(H3,14,17,20)/b15-7-. The smallest absolute Gasteiger partial charge is 0.230 e. The van der Waals surface area contributed by atoms with Crippen molar-refractivity contribution >= 4 is 51.6 Å². The molecule has 0 aliphatic rings. The van der Waals surface area contributed by atoms with Gasteiger partial charge in [0, 0.05) is 12.3 Å². The minimum absolute atomic E-state index is 0.0800. The highest BCUT2D eigenvalue weighted by atomic mass is 32.1. The first kappa shape index (κ1) is 15.1. The summed E-state index contributed by atoms with van der Waals surface area (Å²) in [5.41, 5.74) is 9.09. The minimum Gasteiger partial charge on any atom is -0.375 e. The number of thiazole rings is 1. The van der Waals surface area contributed by atoms with Gasteiger partial charge in [-0.1, -0.05) is 18.2 Å². The summed E-state index contributed by atoms with van der Waals surface area (Å²) in [5.74, 6) is -0.111. The summed E-state index contributed by atoms with van der Waals surface area (Å²) in [5, 5.41) is 6.28. The first-order valence-electron chi connectivity index (χ1n) is 5.97. The highest BCUT2D eigenvalue weighted by Gasteiger charge is 2.17. The number of nitrogens with two attached hydrogens (primary N) is 1. The average molecular weight is 319 g/mol. The number of aromatic nitrogens is 1. The number of benzene rings is 1. The molecule has 0 spiro atoms. The van der Waals surface area contributed by atoms with E-state index in [9.17, 15) is 4.79 Å². The number of nitrogens with one attached hydrogen (secondary N) is 1. The summed E-state index contributed by atoms with van der Waals surface area (Å²) in [7, 11) is 0. The van der Waals surface area contributed by atoms with E-state index in [4.69, 9.17) is 5.73 Å². The second-order valence-electron chi connectivity index (χ2n) is 3.98. The van der Waals surface area contributed by atoms with Gasteiger partial charge >= 0.3 is 0 Å². The van der Waals surface area contributed by atoms with Crippen molar-refractivity contribution in [3.8, 4) is 0 Å². The number of hydrogen-bond acceptors (Lipinski definition) is 5. The summed E-state index contributed by atoms with van der Waals surface area (Å²) in [6.07, 6.45) is 1.49. The molecule has 0 bridgehead atoms. The second-order valence-corrected chi connectivity index (χ2v) is 5.26. The molecule has 2 aromatic rings. The average Bonchev–Trinajstić information content (AvgIpc) is 2.88. The van der Waals surface area contributed by atoms with Crippen LogP contribution in [-0.2, 0) is 4.79 Å². The molecule has 3 N–H and O–H groups in total. The number of carbonyl (C=O) groups excluding carboxylic acids is 1. The Hall–Kier alpha value is -2.32. The van der Waals surface area contributed by atoms with Crippen LogP contribution >= 0.6 is 23.6 Å². The predicted octanol–water partition coefficient (Wildman–Crippen LogP) is 1.99. The summed E-state index contributed by atoms with van der Waals surface area (Å²) < 4.78 is 0. The maximum absolute atomic E-state index is 11.9. The van der Waals surface area contributed by atoms with E-state index in [1.165, 1.54) is 24.5 Å². The van der Waals surface area contributed by atoms with E-state index in [2.05, 4.69) is 27.7 Å². The highest BCUT2D eigenvalue weighted by molar-refractivity contribution is 7.80. The van der Waals surface area contributed by atoms with Crippen LogP contribution in [0.15, 0.2) is 40.8 Å². The van der Waals surface area contributed by atoms with Crippen LogP contribution in [-0.4, -0.2) is 22.2 Å². The summed E-state index contributed by atoms with van der Waals surface area (Å²) in [6.45, 7) is 1.50. The monoisotopic (exact) mass is 319 g/mol. The zero-order valence-electron chi connectivity index (χ0n) is 11.2. The lowest BCUT2D eigenvalue weighted by Gasteiger charge is -2.17. The van der Waals surface area contributed by atoms with E-state index in [1.54, 1.807) is 10.3 Å². The lowest BCUT2D eigenvalue weighted by Crippen LogP contribution is -2.24. The molecular formula is C13H13N5OS2. The Morgan fingerprint density at radius 2 is 2.19 bits per heavy atom. The first-order chi connectivity index (χ1) is 10.1. The van der Waals surface area contributed by atoms with E-state index < -0.39 is 0 Å². The van der Waals surface area contributed by atoms with Crippen LogP contribution in [0.4, 0.5) is 10.8 Å². The molecule has 108 valence electrons. The number of rotatable bonds is 4. The highest BCUT2D eigenvalue weighted by Crippen LogP contribution is 2.28. The van der Waals surface area contributed by atoms with Crippen molar-refractivity contribution < 1.29 is 4.79 Å². The Morgan fingerprint density at radius 1 is 1.48 bits per heavy atom. The van der Waals surface area contributed by atoms with Gasteiger partial charge in [0.25, 0.3) is 0 Å². The third-order valence-corrected chi connectivity index (χ3v) is 3.34. The molecule has 1 aromatic carbocycles. The molecule has 0 atom stereocenters. The van der Waals surface area contributed by atoms with Gasteiger partial charge in [-0.2, -0.15) is 5.10 Å². The van der Waals surface area contributed by atoms with Gasteiger partial charge in [0.15, 0.2) is 10.2 Å². The Bertz CT molecular complexity index is 668. The minimum atomic E-state index is -0.111. The van der Waals surface area contributed by atoms with Crippen LogP contribution in [0.25, 0.3) is 0 Å². The molecule has 8 heteroatoms. The number of anilines is 2. The van der Waals surface area contributed by atoms with Crippen LogP contribution in [0.3, 0.4) is 0 Å². The van der Waals surface area contributed by atoms with Gasteiger partial charge in [-0.25, -0.2) is 4.98 Å². The molecule has 0 radical (unpaired) electrons. The van der Waals surface area contributed by atoms with Crippen LogP contribution in [0, 0.1) is 0 Å². The predicted molar refractivity (Wildman–Crippen MR) is 88.9 cm³/mol. The molecule has 1 amide bonds. The van der Waals surface area contributed by atoms with Crippen molar-refractivity contribution in [1.29, 1.82) is 0 Å². The number of hydrogen-bond donors (Lipinski definition) is 2. The maximum Gasteiger partial charge on any atom is 0.230 e. The van der Waals surface area contributed by atoms with Gasteiger partial charge in [0.1, 0.15) is 0 Å². The van der Waals surface area contributed by atoms with Crippen molar-refractivity contribution in [2.45, 2.75) is 6.92 Å². The van der Waals surface area contributed by atoms with Crippen LogP contribution < -0.4 is 16.1 Å². The van der Waals surface area contributed by atoms with Gasteiger partial charge in [-0.15, -0.1) is 11.3 Å². The van der Waals surface area contributed by atoms with Gasteiger partial charge in [-0.3, -0.25) is 15.1 Å². The SMILES string of the molecule is CC(=O)N(c1ccccc1)c1nc(/C=N\NC(N)=S)cs1. The first-order valence-corrected chi connectivity index (χ1v) is 7.26. The molecule has 0 aliphatic heterocycles. The van der Waals surface area contributed by atoms with Gasteiger partial charge < -0.3 is 5.73 Å². The topological polar surface area (TPSA) is 83.6 Å². The number of hydrazone groups is 1. The summed E-state index contributed by atoms with van der Waals surface area (Å²) >= 11 is 5.99. The largest absolute Gasteiger partial charge is 0.375 e. The molecule has 0 aliphatic carbocycles. The molecule has 2 rings (SSSR count). The van der Waals surface area contributed by atoms with E-state index in [1.807, 2.05) is 30.3 Å². The molecule has 6 nitrogen and oxygen atoms in total. The second kappa shape index (κ2) is 6.91. The maximum atomic E-state index is 11.9. The van der Waals surface area contributed by atoms with Crippen molar-refractivity contribution in [1.82, 2.24) is 10.4 Å². The fourth-order valence-electron chi connectivity index (χ4n) is 1.60. The van der Waals surface area contributed by atoms with Gasteiger partial charge in [0.2, 0.25) is 5.91 Å². The van der Waals surface area contributed by atoms with Crippen LogP contribution in [0.2, 0.25) is 0 Å². The zero-order chi connectivity index (χ0) is 15.2. The fourth-order valence-corrected chi connectivity index (χ4v) is 2.49. The Labute approximate surface area is 131 Å². The third kappa shape index (κ3) is 4.07. The van der Waals surface area contributed by atoms with Crippen molar-refractivity contribution in [2.75, 3.05) is 4.90 Å². The number of thiocarbonyl (C=S) groups is 1. The number of para-hydroxylation sites is 1. The molecule has 1 heterocycles. The normalized spacial score (nSPS) is 10.5. The van der Waals surface area contributed by atoms with E-state index in [-0.39, 0.29) is 11.0 Å². The van der Waals surface area contributed by atoms with E-state index in [0.717, 1.165) is 5.69 Å². The number of carbonyl (C=O) groups is 1. The molecule has 0 fully saturated rings. The zero-order valence-corrected chi connectivity index (χ0v) is 12.8. The van der Waals surface area contributed by atoms with Crippen LogP contribution in [0.5, 0.6) is 0 Å². The molecule has 0 unspecified atom stereocenters. The number of amides is 1. The molecule has 1 aromatic heterocycles. The Morgan fingerprint density at radius 3 is 2.81 bits per heavy atom. The molecule has 21 heavy (non-hydrogen) atoms. The van der Waals surface area contributed by atoms with Crippen molar-refractivity contribution in [3.63, 3.8) is 0 Å². The summed E-state index contributed by atoms with van der Waals surface area (Å²) in [4.78, 5) is 17.8.